The highest BCUT2D eigenvalue weighted by molar-refractivity contribution is 7.89. The third-order valence-corrected chi connectivity index (χ3v) is 5.94. The first-order valence-corrected chi connectivity index (χ1v) is 9.46. The second kappa shape index (κ2) is 6.97. The van der Waals surface area contributed by atoms with Gasteiger partial charge < -0.3 is 9.32 Å². The van der Waals surface area contributed by atoms with Crippen LogP contribution >= 0.6 is 0 Å². The normalized spacial score (nSPS) is 16.2. The molecule has 1 saturated heterocycles. The summed E-state index contributed by atoms with van der Waals surface area (Å²) in [7, 11) is -3.73. The maximum atomic E-state index is 13.2. The van der Waals surface area contributed by atoms with E-state index in [1.807, 2.05) is 0 Å². The Labute approximate surface area is 145 Å². The molecule has 0 bridgehead atoms. The number of carbonyl (C=O) groups excluding carboxylic acids is 1. The zero-order chi connectivity index (χ0) is 18.0. The smallest absolute Gasteiger partial charge is 0.289 e. The molecule has 8 heteroatoms. The van der Waals surface area contributed by atoms with E-state index in [9.17, 15) is 17.6 Å². The van der Waals surface area contributed by atoms with Crippen molar-refractivity contribution < 1.29 is 22.0 Å². The van der Waals surface area contributed by atoms with E-state index < -0.39 is 15.8 Å². The van der Waals surface area contributed by atoms with Gasteiger partial charge in [0, 0.05) is 19.1 Å². The van der Waals surface area contributed by atoms with Gasteiger partial charge in [0.2, 0.25) is 10.0 Å². The number of nitrogens with zero attached hydrogens (tertiary/aromatic N) is 1. The van der Waals surface area contributed by atoms with Gasteiger partial charge in [-0.2, -0.15) is 0 Å². The third kappa shape index (κ3) is 3.91. The van der Waals surface area contributed by atoms with Crippen LogP contribution in [0.15, 0.2) is 45.9 Å². The van der Waals surface area contributed by atoms with Crippen LogP contribution in [0.25, 0.3) is 0 Å². The van der Waals surface area contributed by atoms with Gasteiger partial charge in [-0.15, -0.1) is 0 Å². The number of carbonyl (C=O) groups is 1. The summed E-state index contributed by atoms with van der Waals surface area (Å²) in [6, 6.07) is 6.58. The maximum Gasteiger partial charge on any atom is 0.289 e. The Hall–Kier alpha value is -2.19. The molecule has 1 aromatic carbocycles. The molecule has 1 amide bonds. The summed E-state index contributed by atoms with van der Waals surface area (Å²) in [5, 5.41) is 0. The molecule has 1 aliphatic rings. The molecule has 0 spiro atoms. The van der Waals surface area contributed by atoms with Crippen LogP contribution in [0.4, 0.5) is 4.39 Å². The first-order chi connectivity index (χ1) is 11.9. The minimum absolute atomic E-state index is 0.0722. The number of likely N-dealkylation sites (tertiary alicyclic amines) is 1. The van der Waals surface area contributed by atoms with E-state index in [1.165, 1.54) is 18.4 Å². The molecular formula is C17H19FN2O4S. The molecular weight excluding hydrogens is 347 g/mol. The van der Waals surface area contributed by atoms with Crippen molar-refractivity contribution in [2.75, 3.05) is 13.1 Å². The molecule has 0 atom stereocenters. The number of hydrogen-bond acceptors (Lipinski definition) is 4. The van der Waals surface area contributed by atoms with Crippen LogP contribution in [0.3, 0.4) is 0 Å². The van der Waals surface area contributed by atoms with Crippen LogP contribution in [0.2, 0.25) is 0 Å². The predicted octanol–water partition coefficient (Wildman–Crippen LogP) is 2.31. The second-order valence-electron chi connectivity index (χ2n) is 6.07. The largest absolute Gasteiger partial charge is 0.459 e. The number of hydrogen-bond donors (Lipinski definition) is 1. The number of amides is 1. The number of piperidine rings is 1. The van der Waals surface area contributed by atoms with Crippen LogP contribution in [0.1, 0.15) is 29.0 Å². The summed E-state index contributed by atoms with van der Waals surface area (Å²) < 4.78 is 45.9. The van der Waals surface area contributed by atoms with Crippen LogP contribution in [0, 0.1) is 12.7 Å². The van der Waals surface area contributed by atoms with E-state index in [4.69, 9.17) is 4.42 Å². The number of rotatable bonds is 4. The number of furan rings is 1. The van der Waals surface area contributed by atoms with Crippen molar-refractivity contribution in [3.63, 3.8) is 0 Å². The van der Waals surface area contributed by atoms with Gasteiger partial charge >= 0.3 is 0 Å². The molecule has 1 fully saturated rings. The Balaban J connectivity index is 1.62. The van der Waals surface area contributed by atoms with E-state index in [-0.39, 0.29) is 22.6 Å². The van der Waals surface area contributed by atoms with Crippen LogP contribution in [-0.2, 0) is 10.0 Å². The van der Waals surface area contributed by atoms with Crippen molar-refractivity contribution in [2.45, 2.75) is 30.7 Å². The molecule has 25 heavy (non-hydrogen) atoms. The van der Waals surface area contributed by atoms with Crippen molar-refractivity contribution in [3.05, 3.63) is 53.7 Å². The highest BCUT2D eigenvalue weighted by Gasteiger charge is 2.28. The summed E-state index contributed by atoms with van der Waals surface area (Å²) >= 11 is 0. The van der Waals surface area contributed by atoms with Crippen molar-refractivity contribution in [3.8, 4) is 0 Å². The monoisotopic (exact) mass is 366 g/mol. The van der Waals surface area contributed by atoms with E-state index in [2.05, 4.69) is 4.72 Å². The molecule has 0 unspecified atom stereocenters. The van der Waals surface area contributed by atoms with Crippen molar-refractivity contribution in [1.29, 1.82) is 0 Å². The van der Waals surface area contributed by atoms with E-state index in [0.29, 0.717) is 31.5 Å². The van der Waals surface area contributed by atoms with Gasteiger partial charge in [-0.3, -0.25) is 4.79 Å². The molecule has 1 N–H and O–H groups in total. The first kappa shape index (κ1) is 17.6. The highest BCUT2D eigenvalue weighted by atomic mass is 32.2. The summed E-state index contributed by atoms with van der Waals surface area (Å²) in [6.45, 7) is 2.44. The SMILES string of the molecule is Cc1cc(F)ccc1S(=O)(=O)NC1CCN(C(=O)c2ccco2)CC1. The number of aryl methyl sites for hydroxylation is 1. The lowest BCUT2D eigenvalue weighted by molar-refractivity contribution is 0.0679. The second-order valence-corrected chi connectivity index (χ2v) is 7.76. The third-order valence-electron chi connectivity index (χ3n) is 4.26. The van der Waals surface area contributed by atoms with Gasteiger partial charge in [0.05, 0.1) is 11.2 Å². The van der Waals surface area contributed by atoms with Gasteiger partial charge in [-0.1, -0.05) is 0 Å². The van der Waals surface area contributed by atoms with Crippen LogP contribution in [-0.4, -0.2) is 38.4 Å². The molecule has 2 aromatic rings. The Bertz CT molecular complexity index is 857. The molecule has 0 radical (unpaired) electrons. The van der Waals surface area contributed by atoms with Gasteiger partial charge in [-0.25, -0.2) is 17.5 Å². The lowest BCUT2D eigenvalue weighted by atomic mass is 10.1. The zero-order valence-corrected chi connectivity index (χ0v) is 14.6. The fourth-order valence-electron chi connectivity index (χ4n) is 2.95. The van der Waals surface area contributed by atoms with Gasteiger partial charge in [-0.05, 0) is 55.7 Å². The fourth-order valence-corrected chi connectivity index (χ4v) is 4.49. The van der Waals surface area contributed by atoms with Gasteiger partial charge in [0.15, 0.2) is 5.76 Å². The number of nitrogens with one attached hydrogen (secondary N) is 1. The van der Waals surface area contributed by atoms with Crippen molar-refractivity contribution >= 4 is 15.9 Å². The summed E-state index contributed by atoms with van der Waals surface area (Å²) in [4.78, 5) is 13.9. The predicted molar refractivity (Wildman–Crippen MR) is 89.1 cm³/mol. The van der Waals surface area contributed by atoms with Gasteiger partial charge in [0.25, 0.3) is 5.91 Å². The summed E-state index contributed by atoms with van der Waals surface area (Å²) in [6.07, 6.45) is 2.46. The minimum atomic E-state index is -3.73. The Morgan fingerprint density at radius 1 is 1.28 bits per heavy atom. The average molecular weight is 366 g/mol. The Kier molecular flexibility index (Phi) is 4.91. The topological polar surface area (TPSA) is 79.6 Å². The summed E-state index contributed by atoms with van der Waals surface area (Å²) in [5.41, 5.74) is 0.359. The molecule has 0 aliphatic carbocycles. The van der Waals surface area contributed by atoms with Crippen LogP contribution in [0.5, 0.6) is 0 Å². The lowest BCUT2D eigenvalue weighted by Gasteiger charge is -2.31. The quantitative estimate of drug-likeness (QED) is 0.901. The number of benzene rings is 1. The lowest BCUT2D eigenvalue weighted by Crippen LogP contribution is -2.46. The standard InChI is InChI=1S/C17H19FN2O4S/c1-12-11-13(18)4-5-16(12)25(22,23)19-14-6-8-20(9-7-14)17(21)15-3-2-10-24-15/h2-5,10-11,14,19H,6-9H2,1H3. The fraction of sp³-hybridized carbons (Fsp3) is 0.353. The summed E-state index contributed by atoms with van der Waals surface area (Å²) in [5.74, 6) is -0.386. The zero-order valence-electron chi connectivity index (χ0n) is 13.7. The average Bonchev–Trinajstić information content (AvgIpc) is 3.08. The molecule has 134 valence electrons. The number of halogens is 1. The molecule has 6 nitrogen and oxygen atoms in total. The van der Waals surface area contributed by atoms with Crippen molar-refractivity contribution in [2.24, 2.45) is 0 Å². The molecule has 3 rings (SSSR count). The number of sulfonamides is 1. The van der Waals surface area contributed by atoms with E-state index in [1.54, 1.807) is 24.0 Å². The van der Waals surface area contributed by atoms with E-state index >= 15 is 0 Å². The molecule has 2 heterocycles. The first-order valence-electron chi connectivity index (χ1n) is 7.98. The van der Waals surface area contributed by atoms with E-state index in [0.717, 1.165) is 6.07 Å². The molecule has 1 aromatic heterocycles. The molecule has 0 saturated carbocycles. The maximum absolute atomic E-state index is 13.2. The Morgan fingerprint density at radius 2 is 2.00 bits per heavy atom. The highest BCUT2D eigenvalue weighted by Crippen LogP contribution is 2.20. The van der Waals surface area contributed by atoms with Crippen molar-refractivity contribution in [1.82, 2.24) is 9.62 Å². The molecule has 1 aliphatic heterocycles. The van der Waals surface area contributed by atoms with Crippen LogP contribution < -0.4 is 4.72 Å². The van der Waals surface area contributed by atoms with Gasteiger partial charge in [0.1, 0.15) is 5.82 Å². The minimum Gasteiger partial charge on any atom is -0.459 e. The Morgan fingerprint density at radius 3 is 2.60 bits per heavy atom.